The summed E-state index contributed by atoms with van der Waals surface area (Å²) in [6.07, 6.45) is 0.185. The number of methoxy groups -OCH3 is 2. The number of nitrogens with zero attached hydrogens (tertiary/aromatic N) is 5. The molecule has 1 atom stereocenters. The molecule has 0 aliphatic heterocycles. The van der Waals surface area contributed by atoms with Gasteiger partial charge in [0, 0.05) is 22.9 Å². The Bertz CT molecular complexity index is 1480. The van der Waals surface area contributed by atoms with Crippen LogP contribution in [0, 0.1) is 25.2 Å². The molecule has 1 aromatic carbocycles. The Balaban J connectivity index is 1.53. The van der Waals surface area contributed by atoms with Gasteiger partial charge in [0.15, 0.2) is 23.2 Å². The Kier molecular flexibility index (Phi) is 6.43. The highest BCUT2D eigenvalue weighted by Crippen LogP contribution is 2.34. The lowest BCUT2D eigenvalue weighted by molar-refractivity contribution is -0.119. The molecule has 0 spiro atoms. The van der Waals surface area contributed by atoms with Crippen LogP contribution in [0.25, 0.3) is 17.0 Å². The van der Waals surface area contributed by atoms with Crippen LogP contribution >= 0.6 is 11.3 Å². The molecular weight excluding hydrogens is 456 g/mol. The van der Waals surface area contributed by atoms with Crippen LogP contribution in [-0.2, 0) is 11.2 Å². The number of hydrogen-bond acceptors (Lipinski definition) is 9. The van der Waals surface area contributed by atoms with Crippen LogP contribution in [-0.4, -0.2) is 44.6 Å². The number of H-pyrrole nitrogens is 1. The zero-order valence-corrected chi connectivity index (χ0v) is 19.9. The minimum atomic E-state index is -1.02. The van der Waals surface area contributed by atoms with Crippen molar-refractivity contribution in [3.63, 3.8) is 0 Å². The Morgan fingerprint density at radius 1 is 1.21 bits per heavy atom. The first-order chi connectivity index (χ1) is 16.4. The number of aromatic amines is 1. The molecule has 0 saturated carbocycles. The number of fused-ring (bicyclic) bond motifs is 1. The number of ketones is 1. The Hall–Kier alpha value is -4.04. The summed E-state index contributed by atoms with van der Waals surface area (Å²) in [7, 11) is 3.11. The Labute approximate surface area is 198 Å². The summed E-state index contributed by atoms with van der Waals surface area (Å²) in [6, 6.07) is 7.45. The first-order valence-electron chi connectivity index (χ1n) is 10.4. The summed E-state index contributed by atoms with van der Waals surface area (Å²) in [6.45, 7) is 3.44. The molecule has 0 aliphatic rings. The molecule has 11 heteroatoms. The summed E-state index contributed by atoms with van der Waals surface area (Å²) in [5, 5.41) is 14.7. The fourth-order valence-electron chi connectivity index (χ4n) is 3.65. The van der Waals surface area contributed by atoms with Gasteiger partial charge in [0.1, 0.15) is 10.8 Å². The second-order valence-corrected chi connectivity index (χ2v) is 8.48. The van der Waals surface area contributed by atoms with E-state index in [1.165, 1.54) is 15.9 Å². The van der Waals surface area contributed by atoms with Gasteiger partial charge in [-0.05, 0) is 38.5 Å². The predicted molar refractivity (Wildman–Crippen MR) is 125 cm³/mol. The standard InChI is InChI=1S/C23H22N6O4S/c1-12-15(22(31)29-23(25-12)26-13(2)28-29)6-7-18(30)16(10-24)21-27-17(11-34-21)14-5-8-19(32-3)20(9-14)33-4/h5,8-9,11,16H,6-7H2,1-4H3,(H,25,26,28). The largest absolute Gasteiger partial charge is 0.493 e. The van der Waals surface area contributed by atoms with E-state index >= 15 is 0 Å². The van der Waals surface area contributed by atoms with Gasteiger partial charge in [0.05, 0.1) is 31.7 Å². The molecule has 0 amide bonds. The van der Waals surface area contributed by atoms with Gasteiger partial charge in [-0.15, -0.1) is 11.3 Å². The van der Waals surface area contributed by atoms with E-state index in [0.29, 0.717) is 39.3 Å². The summed E-state index contributed by atoms with van der Waals surface area (Å²) in [5.41, 5.74) is 2.04. The van der Waals surface area contributed by atoms with Gasteiger partial charge in [0.2, 0.25) is 0 Å². The number of hydrogen-bond donors (Lipinski definition) is 1. The van der Waals surface area contributed by atoms with E-state index in [9.17, 15) is 14.9 Å². The quantitative estimate of drug-likeness (QED) is 0.408. The van der Waals surface area contributed by atoms with E-state index in [1.807, 2.05) is 6.07 Å². The summed E-state index contributed by atoms with van der Waals surface area (Å²) in [5.74, 6) is 0.679. The number of aromatic nitrogens is 5. The topological polar surface area (TPSA) is 135 Å². The number of carbonyl (C=O) groups is 1. The highest BCUT2D eigenvalue weighted by molar-refractivity contribution is 7.10. The van der Waals surface area contributed by atoms with Crippen molar-refractivity contribution in [2.75, 3.05) is 14.2 Å². The van der Waals surface area contributed by atoms with E-state index in [1.54, 1.807) is 45.6 Å². The van der Waals surface area contributed by atoms with Gasteiger partial charge in [-0.2, -0.15) is 14.8 Å². The van der Waals surface area contributed by atoms with Crippen molar-refractivity contribution in [2.24, 2.45) is 0 Å². The molecule has 174 valence electrons. The molecular formula is C23H22N6O4S. The number of Topliss-reactive ketones (excluding diaryl/α,β-unsaturated/α-hetero) is 1. The molecule has 0 fully saturated rings. The molecule has 3 aromatic heterocycles. The lowest BCUT2D eigenvalue weighted by Gasteiger charge is -2.08. The number of rotatable bonds is 8. The number of ether oxygens (including phenoxy) is 2. The third kappa shape index (κ3) is 4.27. The SMILES string of the molecule is COc1ccc(-c2csc(C(C#N)C(=O)CCc3c(C)nc4nc(C)[nH]n4c3=O)n2)cc1OC. The molecule has 3 heterocycles. The summed E-state index contributed by atoms with van der Waals surface area (Å²) < 4.78 is 11.9. The molecule has 0 saturated heterocycles. The average Bonchev–Trinajstić information content (AvgIpc) is 3.45. The van der Waals surface area contributed by atoms with Gasteiger partial charge >= 0.3 is 0 Å². The number of benzene rings is 1. The van der Waals surface area contributed by atoms with Crippen LogP contribution in [0.3, 0.4) is 0 Å². The van der Waals surface area contributed by atoms with E-state index in [4.69, 9.17) is 9.47 Å². The molecule has 0 aliphatic carbocycles. The Morgan fingerprint density at radius 2 is 1.97 bits per heavy atom. The Morgan fingerprint density at radius 3 is 2.68 bits per heavy atom. The molecule has 4 rings (SSSR count). The first kappa shape index (κ1) is 23.1. The molecule has 34 heavy (non-hydrogen) atoms. The van der Waals surface area contributed by atoms with Crippen molar-refractivity contribution in [2.45, 2.75) is 32.6 Å². The van der Waals surface area contributed by atoms with Crippen molar-refractivity contribution in [3.8, 4) is 28.8 Å². The normalized spacial score (nSPS) is 11.9. The van der Waals surface area contributed by atoms with Crippen LogP contribution in [0.15, 0.2) is 28.4 Å². The second-order valence-electron chi connectivity index (χ2n) is 7.59. The summed E-state index contributed by atoms with van der Waals surface area (Å²) >= 11 is 1.24. The van der Waals surface area contributed by atoms with Crippen molar-refractivity contribution >= 4 is 22.9 Å². The third-order valence-corrected chi connectivity index (χ3v) is 6.34. The zero-order chi connectivity index (χ0) is 24.4. The van der Waals surface area contributed by atoms with Gasteiger partial charge in [-0.1, -0.05) is 0 Å². The molecule has 0 radical (unpaired) electrons. The average molecular weight is 479 g/mol. The van der Waals surface area contributed by atoms with E-state index < -0.39 is 5.92 Å². The van der Waals surface area contributed by atoms with E-state index in [-0.39, 0.29) is 30.0 Å². The molecule has 4 aromatic rings. The number of aryl methyl sites for hydroxylation is 2. The number of nitriles is 1. The minimum absolute atomic E-state index is 0.0143. The molecule has 0 bridgehead atoms. The molecule has 1 N–H and O–H groups in total. The van der Waals surface area contributed by atoms with Crippen molar-refractivity contribution < 1.29 is 14.3 Å². The lowest BCUT2D eigenvalue weighted by Crippen LogP contribution is -2.23. The van der Waals surface area contributed by atoms with Gasteiger partial charge in [-0.3, -0.25) is 14.7 Å². The van der Waals surface area contributed by atoms with Crippen molar-refractivity contribution in [1.82, 2.24) is 24.6 Å². The molecule has 10 nitrogen and oxygen atoms in total. The number of carbonyl (C=O) groups excluding carboxylic acids is 1. The van der Waals surface area contributed by atoms with E-state index in [2.05, 4.69) is 26.1 Å². The van der Waals surface area contributed by atoms with Crippen LogP contribution in [0.4, 0.5) is 0 Å². The maximum atomic E-state index is 12.9. The monoisotopic (exact) mass is 478 g/mol. The highest BCUT2D eigenvalue weighted by Gasteiger charge is 2.25. The summed E-state index contributed by atoms with van der Waals surface area (Å²) in [4.78, 5) is 38.7. The van der Waals surface area contributed by atoms with Gasteiger partial charge in [-0.25, -0.2) is 9.97 Å². The molecule has 1 unspecified atom stereocenters. The highest BCUT2D eigenvalue weighted by atomic mass is 32.1. The smallest absolute Gasteiger partial charge is 0.277 e. The van der Waals surface area contributed by atoms with Crippen molar-refractivity contribution in [1.29, 1.82) is 5.26 Å². The second kappa shape index (κ2) is 9.44. The zero-order valence-electron chi connectivity index (χ0n) is 19.1. The first-order valence-corrected chi connectivity index (χ1v) is 11.3. The lowest BCUT2D eigenvalue weighted by atomic mass is 9.99. The number of nitrogens with one attached hydrogen (secondary N) is 1. The fourth-order valence-corrected chi connectivity index (χ4v) is 4.55. The van der Waals surface area contributed by atoms with Crippen LogP contribution < -0.4 is 15.0 Å². The maximum Gasteiger partial charge on any atom is 0.277 e. The van der Waals surface area contributed by atoms with Crippen LogP contribution in [0.2, 0.25) is 0 Å². The van der Waals surface area contributed by atoms with Gasteiger partial charge in [0.25, 0.3) is 11.3 Å². The van der Waals surface area contributed by atoms with E-state index in [0.717, 1.165) is 5.56 Å². The maximum absolute atomic E-state index is 12.9. The van der Waals surface area contributed by atoms with Crippen LogP contribution in [0.5, 0.6) is 11.5 Å². The predicted octanol–water partition coefficient (Wildman–Crippen LogP) is 2.98. The van der Waals surface area contributed by atoms with Gasteiger partial charge < -0.3 is 9.47 Å². The number of thiazole rings is 1. The van der Waals surface area contributed by atoms with Crippen LogP contribution in [0.1, 0.15) is 34.4 Å². The fraction of sp³-hybridized carbons (Fsp3) is 0.304. The minimum Gasteiger partial charge on any atom is -0.493 e. The van der Waals surface area contributed by atoms with Crippen molar-refractivity contribution in [3.05, 3.63) is 56.0 Å². The third-order valence-electron chi connectivity index (χ3n) is 5.43.